The smallest absolute Gasteiger partial charge is 0.342 e. The lowest BCUT2D eigenvalue weighted by atomic mass is 10.0. The third kappa shape index (κ3) is 5.56. The van der Waals surface area contributed by atoms with Gasteiger partial charge >= 0.3 is 5.97 Å². The number of carbonyl (C=O) groups excluding carboxylic acids is 2. The molecule has 0 fully saturated rings. The minimum atomic E-state index is -0.747. The van der Waals surface area contributed by atoms with Crippen molar-refractivity contribution in [2.75, 3.05) is 33.2 Å². The number of rotatable bonds is 9. The second-order valence-electron chi connectivity index (χ2n) is 8.55. The van der Waals surface area contributed by atoms with E-state index in [1.54, 1.807) is 50.2 Å². The molecule has 0 saturated carbocycles. The maximum absolute atomic E-state index is 12.9. The van der Waals surface area contributed by atoms with Gasteiger partial charge in [-0.3, -0.25) is 9.78 Å². The molecular formula is C26H31N3O6. The Balaban J connectivity index is 1.83. The first-order valence-electron chi connectivity index (χ1n) is 11.1. The van der Waals surface area contributed by atoms with Crippen LogP contribution in [0, 0.1) is 6.92 Å². The van der Waals surface area contributed by atoms with Crippen molar-refractivity contribution in [1.29, 1.82) is 0 Å². The van der Waals surface area contributed by atoms with Gasteiger partial charge in [-0.25, -0.2) is 4.79 Å². The summed E-state index contributed by atoms with van der Waals surface area (Å²) in [4.78, 5) is 29.8. The summed E-state index contributed by atoms with van der Waals surface area (Å²) in [5, 5.41) is 3.49. The van der Waals surface area contributed by atoms with Gasteiger partial charge in [0.25, 0.3) is 5.91 Å². The molecule has 3 rings (SSSR count). The zero-order valence-electron chi connectivity index (χ0n) is 20.9. The van der Waals surface area contributed by atoms with Crippen molar-refractivity contribution in [2.24, 2.45) is 0 Å². The lowest BCUT2D eigenvalue weighted by Crippen LogP contribution is -2.47. The van der Waals surface area contributed by atoms with Crippen molar-refractivity contribution in [3.05, 3.63) is 53.2 Å². The highest BCUT2D eigenvalue weighted by Crippen LogP contribution is 2.34. The molecule has 186 valence electrons. The van der Waals surface area contributed by atoms with Crippen LogP contribution in [0.25, 0.3) is 10.9 Å². The van der Waals surface area contributed by atoms with Gasteiger partial charge in [0.1, 0.15) is 17.9 Å². The molecule has 0 bridgehead atoms. The van der Waals surface area contributed by atoms with Crippen LogP contribution in [0.2, 0.25) is 0 Å². The molecule has 9 heteroatoms. The van der Waals surface area contributed by atoms with E-state index in [0.717, 1.165) is 0 Å². The predicted octanol–water partition coefficient (Wildman–Crippen LogP) is 3.91. The number of esters is 1. The largest absolute Gasteiger partial charge is 0.493 e. The molecule has 3 N–H and O–H groups in total. The van der Waals surface area contributed by atoms with E-state index in [9.17, 15) is 9.59 Å². The highest BCUT2D eigenvalue weighted by molar-refractivity contribution is 6.07. The summed E-state index contributed by atoms with van der Waals surface area (Å²) in [5.41, 5.74) is 7.60. The molecule has 1 aromatic heterocycles. The number of hydrogen-bond donors (Lipinski definition) is 2. The van der Waals surface area contributed by atoms with Crippen molar-refractivity contribution in [2.45, 2.75) is 33.2 Å². The van der Waals surface area contributed by atoms with Crippen molar-refractivity contribution in [1.82, 2.24) is 10.3 Å². The molecule has 3 aromatic rings. The lowest BCUT2D eigenvalue weighted by molar-refractivity contribution is 0.0526. The second kappa shape index (κ2) is 10.5. The second-order valence-corrected chi connectivity index (χ2v) is 8.55. The Kier molecular flexibility index (Phi) is 7.68. The Hall–Kier alpha value is -4.01. The van der Waals surface area contributed by atoms with Crippen LogP contribution in [0.3, 0.4) is 0 Å². The van der Waals surface area contributed by atoms with Crippen LogP contribution in [0.4, 0.5) is 5.69 Å². The summed E-state index contributed by atoms with van der Waals surface area (Å²) >= 11 is 0. The molecule has 0 atom stereocenters. The summed E-state index contributed by atoms with van der Waals surface area (Å²) in [6, 6.07) is 10.3. The van der Waals surface area contributed by atoms with E-state index in [1.807, 2.05) is 13.8 Å². The van der Waals surface area contributed by atoms with Crippen LogP contribution in [-0.2, 0) is 4.74 Å². The number of pyridine rings is 1. The molecule has 0 aliphatic carbocycles. The minimum Gasteiger partial charge on any atom is -0.493 e. The monoisotopic (exact) mass is 481 g/mol. The molecule has 1 heterocycles. The fraction of sp³-hybridized carbons (Fsp3) is 0.346. The van der Waals surface area contributed by atoms with E-state index in [1.165, 1.54) is 14.2 Å². The maximum atomic E-state index is 12.9. The fourth-order valence-electron chi connectivity index (χ4n) is 3.67. The first-order chi connectivity index (χ1) is 16.6. The van der Waals surface area contributed by atoms with Crippen LogP contribution < -0.4 is 25.3 Å². The van der Waals surface area contributed by atoms with Crippen molar-refractivity contribution < 1.29 is 28.5 Å². The van der Waals surface area contributed by atoms with E-state index >= 15 is 0 Å². The van der Waals surface area contributed by atoms with Gasteiger partial charge in [0.15, 0.2) is 11.5 Å². The molecule has 1 amide bonds. The van der Waals surface area contributed by atoms with E-state index in [2.05, 4.69) is 10.3 Å². The summed E-state index contributed by atoms with van der Waals surface area (Å²) in [6.45, 7) is 7.47. The van der Waals surface area contributed by atoms with Gasteiger partial charge in [0.2, 0.25) is 0 Å². The summed E-state index contributed by atoms with van der Waals surface area (Å²) in [6.07, 6.45) is 0. The van der Waals surface area contributed by atoms with E-state index in [0.29, 0.717) is 39.4 Å². The predicted molar refractivity (Wildman–Crippen MR) is 133 cm³/mol. The number of nitrogens with one attached hydrogen (secondary N) is 1. The van der Waals surface area contributed by atoms with Gasteiger partial charge in [0.05, 0.1) is 48.6 Å². The number of nitrogens with zero attached hydrogens (tertiary/aromatic N) is 1. The number of benzene rings is 2. The third-order valence-electron chi connectivity index (χ3n) is 5.36. The van der Waals surface area contributed by atoms with E-state index < -0.39 is 11.5 Å². The van der Waals surface area contributed by atoms with E-state index in [-0.39, 0.29) is 30.4 Å². The fourth-order valence-corrected chi connectivity index (χ4v) is 3.67. The molecule has 2 aromatic carbocycles. The lowest BCUT2D eigenvalue weighted by Gasteiger charge is -2.27. The number of aryl methyl sites for hydroxylation is 1. The third-order valence-corrected chi connectivity index (χ3v) is 5.36. The van der Waals surface area contributed by atoms with Gasteiger partial charge in [0, 0.05) is 5.56 Å². The normalized spacial score (nSPS) is 11.1. The Labute approximate surface area is 204 Å². The van der Waals surface area contributed by atoms with Crippen LogP contribution in [-0.4, -0.2) is 49.8 Å². The number of nitrogen functional groups attached to an aromatic ring is 1. The topological polar surface area (TPSA) is 122 Å². The number of methoxy groups -OCH3 is 2. The minimum absolute atomic E-state index is 0.132. The van der Waals surface area contributed by atoms with Crippen LogP contribution in [0.5, 0.6) is 17.2 Å². The van der Waals surface area contributed by atoms with E-state index in [4.69, 9.17) is 24.7 Å². The van der Waals surface area contributed by atoms with Gasteiger partial charge in [-0.1, -0.05) is 6.07 Å². The zero-order chi connectivity index (χ0) is 25.8. The number of carbonyl (C=O) groups is 2. The Morgan fingerprint density at radius 1 is 1.06 bits per heavy atom. The average molecular weight is 482 g/mol. The molecule has 0 saturated heterocycles. The van der Waals surface area contributed by atoms with Gasteiger partial charge < -0.3 is 30.0 Å². The molecule has 0 aliphatic rings. The highest BCUT2D eigenvalue weighted by atomic mass is 16.5. The van der Waals surface area contributed by atoms with Crippen LogP contribution in [0.1, 0.15) is 47.2 Å². The number of ether oxygens (including phenoxy) is 4. The standard InChI is InChI=1S/C26H31N3O6/c1-7-34-25(31)21-15(2)28-17-9-8-10-19(22(17)23(21)27)35-14-26(3,4)29-24(30)16-11-12-18(32-5)20(13-16)33-6/h8-13H,7,14H2,1-6H3,(H2,27,28)(H,29,30). The van der Waals surface area contributed by atoms with Crippen molar-refractivity contribution >= 4 is 28.5 Å². The number of nitrogens with two attached hydrogens (primary N) is 1. The molecule has 35 heavy (non-hydrogen) atoms. The first-order valence-corrected chi connectivity index (χ1v) is 11.1. The van der Waals surface area contributed by atoms with Crippen molar-refractivity contribution in [3.8, 4) is 17.2 Å². The molecule has 0 unspecified atom stereocenters. The Morgan fingerprint density at radius 3 is 2.43 bits per heavy atom. The molecule has 0 radical (unpaired) electrons. The quantitative estimate of drug-likeness (QED) is 0.441. The SMILES string of the molecule is CCOC(=O)c1c(C)nc2cccc(OCC(C)(C)NC(=O)c3ccc(OC)c(OC)c3)c2c1N. The molecular weight excluding hydrogens is 450 g/mol. The summed E-state index contributed by atoms with van der Waals surface area (Å²) < 4.78 is 21.7. The highest BCUT2D eigenvalue weighted by Gasteiger charge is 2.25. The van der Waals surface area contributed by atoms with Gasteiger partial charge in [-0.05, 0) is 58.0 Å². The maximum Gasteiger partial charge on any atom is 0.342 e. The molecule has 0 spiro atoms. The van der Waals surface area contributed by atoms with Crippen LogP contribution >= 0.6 is 0 Å². The average Bonchev–Trinajstić information content (AvgIpc) is 2.81. The first kappa shape index (κ1) is 25.6. The Morgan fingerprint density at radius 2 is 1.77 bits per heavy atom. The van der Waals surface area contributed by atoms with Crippen LogP contribution in [0.15, 0.2) is 36.4 Å². The number of amides is 1. The van der Waals surface area contributed by atoms with Gasteiger partial charge in [-0.2, -0.15) is 0 Å². The summed E-state index contributed by atoms with van der Waals surface area (Å²) in [5.74, 6) is 0.617. The molecule has 9 nitrogen and oxygen atoms in total. The summed E-state index contributed by atoms with van der Waals surface area (Å²) in [7, 11) is 3.04. The number of anilines is 1. The van der Waals surface area contributed by atoms with Crippen molar-refractivity contribution in [3.63, 3.8) is 0 Å². The number of hydrogen-bond acceptors (Lipinski definition) is 8. The Bertz CT molecular complexity index is 1260. The number of aromatic nitrogens is 1. The number of fused-ring (bicyclic) bond motifs is 1. The zero-order valence-corrected chi connectivity index (χ0v) is 20.9. The molecule has 0 aliphatic heterocycles. The van der Waals surface area contributed by atoms with Gasteiger partial charge in [-0.15, -0.1) is 0 Å².